The fourth-order valence-electron chi connectivity index (χ4n) is 3.36. The minimum atomic E-state index is 0.231. The van der Waals surface area contributed by atoms with E-state index < -0.39 is 0 Å². The maximum absolute atomic E-state index is 12.2. The van der Waals surface area contributed by atoms with E-state index in [2.05, 4.69) is 31.0 Å². The second kappa shape index (κ2) is 7.59. The summed E-state index contributed by atoms with van der Waals surface area (Å²) >= 11 is 0. The van der Waals surface area contributed by atoms with E-state index in [0.717, 1.165) is 58.5 Å². The van der Waals surface area contributed by atoms with Crippen LogP contribution in [0.4, 0.5) is 0 Å². The molecule has 0 aliphatic carbocycles. The normalized spacial score (nSPS) is 24.2. The van der Waals surface area contributed by atoms with Gasteiger partial charge in [-0.25, -0.2) is 0 Å². The number of amides is 1. The van der Waals surface area contributed by atoms with Gasteiger partial charge in [-0.3, -0.25) is 4.79 Å². The minimum Gasteiger partial charge on any atom is -0.381 e. The van der Waals surface area contributed by atoms with Gasteiger partial charge in [0.1, 0.15) is 0 Å². The Bertz CT molecular complexity index is 330. The smallest absolute Gasteiger partial charge is 0.220 e. The molecule has 0 unspecified atom stereocenters. The Balaban J connectivity index is 1.66. The Morgan fingerprint density at radius 1 is 1.29 bits per heavy atom. The molecule has 0 bridgehead atoms. The number of rotatable bonds is 5. The Morgan fingerprint density at radius 2 is 1.90 bits per heavy atom. The molecular formula is C17H32N2O2. The number of nitrogens with zero attached hydrogens (tertiary/aromatic N) is 1. The molecule has 2 fully saturated rings. The maximum Gasteiger partial charge on any atom is 0.220 e. The van der Waals surface area contributed by atoms with E-state index in [-0.39, 0.29) is 11.3 Å². The standard InChI is InChI=1S/C17H32N2O2/c1-14(2)19-8-4-15(5-9-19)12-16(20)18-13-17(3)6-10-21-11-7-17/h14-15H,4-13H2,1-3H3,(H,18,20). The van der Waals surface area contributed by atoms with Gasteiger partial charge in [0, 0.05) is 32.2 Å². The van der Waals surface area contributed by atoms with Crippen LogP contribution in [-0.4, -0.2) is 49.7 Å². The number of carbonyl (C=O) groups is 1. The Hall–Kier alpha value is -0.610. The second-order valence-corrected chi connectivity index (χ2v) is 7.48. The number of hydrogen-bond acceptors (Lipinski definition) is 3. The van der Waals surface area contributed by atoms with Crippen LogP contribution in [0.15, 0.2) is 0 Å². The van der Waals surface area contributed by atoms with E-state index in [1.807, 2.05) is 0 Å². The lowest BCUT2D eigenvalue weighted by Gasteiger charge is -2.35. The van der Waals surface area contributed by atoms with Crippen LogP contribution in [0.5, 0.6) is 0 Å². The van der Waals surface area contributed by atoms with Gasteiger partial charge in [0.15, 0.2) is 0 Å². The summed E-state index contributed by atoms with van der Waals surface area (Å²) in [5.74, 6) is 0.813. The van der Waals surface area contributed by atoms with Gasteiger partial charge in [-0.15, -0.1) is 0 Å². The third kappa shape index (κ3) is 5.26. The first-order chi connectivity index (χ1) is 9.98. The Kier molecular flexibility index (Phi) is 6.06. The van der Waals surface area contributed by atoms with Crippen molar-refractivity contribution in [3.63, 3.8) is 0 Å². The SMILES string of the molecule is CC(C)N1CCC(CC(=O)NCC2(C)CCOCC2)CC1. The van der Waals surface area contributed by atoms with Gasteiger partial charge >= 0.3 is 0 Å². The summed E-state index contributed by atoms with van der Waals surface area (Å²) in [4.78, 5) is 14.7. The summed E-state index contributed by atoms with van der Waals surface area (Å²) in [7, 11) is 0. The zero-order chi connectivity index (χ0) is 15.3. The molecule has 0 aromatic rings. The summed E-state index contributed by atoms with van der Waals surface area (Å²) in [6.45, 7) is 11.5. The fourth-order valence-corrected chi connectivity index (χ4v) is 3.36. The highest BCUT2D eigenvalue weighted by Crippen LogP contribution is 2.29. The fraction of sp³-hybridized carbons (Fsp3) is 0.941. The number of nitrogens with one attached hydrogen (secondary N) is 1. The average Bonchev–Trinajstić information content (AvgIpc) is 2.47. The van der Waals surface area contributed by atoms with Crippen LogP contribution in [0, 0.1) is 11.3 Å². The summed E-state index contributed by atoms with van der Waals surface area (Å²) in [6, 6.07) is 0.633. The second-order valence-electron chi connectivity index (χ2n) is 7.48. The van der Waals surface area contributed by atoms with Gasteiger partial charge < -0.3 is 15.0 Å². The molecule has 1 N–H and O–H groups in total. The number of hydrogen-bond donors (Lipinski definition) is 1. The number of likely N-dealkylation sites (tertiary alicyclic amines) is 1. The molecule has 0 saturated carbocycles. The summed E-state index contributed by atoms with van der Waals surface area (Å²) < 4.78 is 5.41. The highest BCUT2D eigenvalue weighted by Gasteiger charge is 2.28. The number of ether oxygens (including phenoxy) is 1. The van der Waals surface area contributed by atoms with Crippen molar-refractivity contribution in [2.75, 3.05) is 32.8 Å². The van der Waals surface area contributed by atoms with Crippen molar-refractivity contribution < 1.29 is 9.53 Å². The third-order valence-corrected chi connectivity index (χ3v) is 5.27. The minimum absolute atomic E-state index is 0.231. The summed E-state index contributed by atoms with van der Waals surface area (Å²) in [5.41, 5.74) is 0.231. The van der Waals surface area contributed by atoms with Gasteiger partial charge in [-0.05, 0) is 64.0 Å². The molecule has 0 aromatic heterocycles. The quantitative estimate of drug-likeness (QED) is 0.847. The Labute approximate surface area is 129 Å². The molecule has 0 spiro atoms. The van der Waals surface area contributed by atoms with Gasteiger partial charge in [0.25, 0.3) is 0 Å². The first-order valence-corrected chi connectivity index (χ1v) is 8.57. The molecule has 1 amide bonds. The lowest BCUT2D eigenvalue weighted by atomic mass is 9.82. The molecular weight excluding hydrogens is 264 g/mol. The van der Waals surface area contributed by atoms with Crippen LogP contribution in [0.1, 0.15) is 52.9 Å². The first kappa shape index (κ1) is 16.8. The van der Waals surface area contributed by atoms with Crippen LogP contribution in [0.3, 0.4) is 0 Å². The molecule has 4 nitrogen and oxygen atoms in total. The van der Waals surface area contributed by atoms with E-state index in [1.54, 1.807) is 0 Å². The van der Waals surface area contributed by atoms with Crippen LogP contribution in [-0.2, 0) is 9.53 Å². The van der Waals surface area contributed by atoms with Crippen LogP contribution in [0.2, 0.25) is 0 Å². The molecule has 2 saturated heterocycles. The van der Waals surface area contributed by atoms with Crippen molar-refractivity contribution in [2.45, 2.75) is 58.9 Å². The monoisotopic (exact) mass is 296 g/mol. The van der Waals surface area contributed by atoms with Crippen molar-refractivity contribution >= 4 is 5.91 Å². The predicted molar refractivity (Wildman–Crippen MR) is 85.2 cm³/mol. The summed E-state index contributed by atoms with van der Waals surface area (Å²) in [5, 5.41) is 3.17. The molecule has 0 aromatic carbocycles. The topological polar surface area (TPSA) is 41.6 Å². The van der Waals surface area contributed by atoms with Gasteiger partial charge in [0.05, 0.1) is 0 Å². The molecule has 0 atom stereocenters. The van der Waals surface area contributed by atoms with Gasteiger partial charge in [0.2, 0.25) is 5.91 Å². The van der Waals surface area contributed by atoms with Crippen molar-refractivity contribution in [2.24, 2.45) is 11.3 Å². The predicted octanol–water partition coefficient (Wildman–Crippen LogP) is 2.43. The third-order valence-electron chi connectivity index (χ3n) is 5.27. The van der Waals surface area contributed by atoms with Gasteiger partial charge in [-0.2, -0.15) is 0 Å². The lowest BCUT2D eigenvalue weighted by Crippen LogP contribution is -2.42. The van der Waals surface area contributed by atoms with Crippen molar-refractivity contribution in [3.8, 4) is 0 Å². The number of piperidine rings is 1. The molecule has 21 heavy (non-hydrogen) atoms. The molecule has 4 heteroatoms. The molecule has 122 valence electrons. The molecule has 0 radical (unpaired) electrons. The number of carbonyl (C=O) groups excluding carboxylic acids is 1. The van der Waals surface area contributed by atoms with E-state index in [9.17, 15) is 4.79 Å². The lowest BCUT2D eigenvalue weighted by molar-refractivity contribution is -0.123. The van der Waals surface area contributed by atoms with Crippen LogP contribution >= 0.6 is 0 Å². The molecule has 2 aliphatic rings. The zero-order valence-electron chi connectivity index (χ0n) is 14.0. The molecule has 2 rings (SSSR count). The van der Waals surface area contributed by atoms with Crippen molar-refractivity contribution in [3.05, 3.63) is 0 Å². The van der Waals surface area contributed by atoms with Crippen molar-refractivity contribution in [1.29, 1.82) is 0 Å². The van der Waals surface area contributed by atoms with E-state index in [4.69, 9.17) is 4.74 Å². The summed E-state index contributed by atoms with van der Waals surface area (Å²) in [6.07, 6.45) is 5.14. The largest absolute Gasteiger partial charge is 0.381 e. The average molecular weight is 296 g/mol. The first-order valence-electron chi connectivity index (χ1n) is 8.57. The van der Waals surface area contributed by atoms with E-state index >= 15 is 0 Å². The molecule has 2 heterocycles. The highest BCUT2D eigenvalue weighted by atomic mass is 16.5. The maximum atomic E-state index is 12.2. The molecule has 2 aliphatic heterocycles. The van der Waals surface area contributed by atoms with Crippen LogP contribution < -0.4 is 5.32 Å². The van der Waals surface area contributed by atoms with Crippen molar-refractivity contribution in [1.82, 2.24) is 10.2 Å². The van der Waals surface area contributed by atoms with Crippen LogP contribution in [0.25, 0.3) is 0 Å². The Morgan fingerprint density at radius 3 is 2.48 bits per heavy atom. The highest BCUT2D eigenvalue weighted by molar-refractivity contribution is 5.76. The van der Waals surface area contributed by atoms with Gasteiger partial charge in [-0.1, -0.05) is 6.92 Å². The van der Waals surface area contributed by atoms with E-state index in [1.165, 1.54) is 0 Å². The van der Waals surface area contributed by atoms with E-state index in [0.29, 0.717) is 18.4 Å². The zero-order valence-corrected chi connectivity index (χ0v) is 14.0.